The van der Waals surface area contributed by atoms with Crippen molar-refractivity contribution in [2.24, 2.45) is 5.92 Å². The molecule has 0 spiro atoms. The van der Waals surface area contributed by atoms with Crippen LogP contribution in [0.5, 0.6) is 5.75 Å². The molecule has 1 amide bonds. The molecule has 5 nitrogen and oxygen atoms in total. The van der Waals surface area contributed by atoms with E-state index in [1.54, 1.807) is 24.3 Å². The number of halogens is 2. The summed E-state index contributed by atoms with van der Waals surface area (Å²) in [5, 5.41) is 0. The van der Waals surface area contributed by atoms with Crippen LogP contribution in [0.15, 0.2) is 42.5 Å². The molecule has 0 radical (unpaired) electrons. The van der Waals surface area contributed by atoms with Gasteiger partial charge in [-0.2, -0.15) is 0 Å². The molecule has 2 aromatic carbocycles. The van der Waals surface area contributed by atoms with E-state index in [2.05, 4.69) is 4.74 Å². The van der Waals surface area contributed by atoms with Crippen LogP contribution >= 0.6 is 0 Å². The minimum Gasteiger partial charge on any atom is -0.489 e. The molecule has 0 N–H and O–H groups in total. The number of hydrogen-bond acceptors (Lipinski definition) is 4. The number of rotatable bonds is 5. The van der Waals surface area contributed by atoms with Gasteiger partial charge in [0.1, 0.15) is 24.0 Å². The van der Waals surface area contributed by atoms with E-state index in [-0.39, 0.29) is 31.0 Å². The van der Waals surface area contributed by atoms with Crippen molar-refractivity contribution in [2.45, 2.75) is 13.0 Å². The molecule has 0 aliphatic carbocycles. The molecule has 3 rings (SSSR count). The first-order chi connectivity index (χ1) is 12.5. The summed E-state index contributed by atoms with van der Waals surface area (Å²) in [5.41, 5.74) is 0.470. The Hall–Kier alpha value is -2.96. The van der Waals surface area contributed by atoms with Crippen molar-refractivity contribution < 1.29 is 27.8 Å². The Morgan fingerprint density at radius 1 is 1.15 bits per heavy atom. The second-order valence-corrected chi connectivity index (χ2v) is 5.91. The first kappa shape index (κ1) is 17.8. The van der Waals surface area contributed by atoms with Crippen molar-refractivity contribution in [1.82, 2.24) is 0 Å². The lowest BCUT2D eigenvalue weighted by Crippen LogP contribution is -2.26. The van der Waals surface area contributed by atoms with E-state index < -0.39 is 23.5 Å². The van der Waals surface area contributed by atoms with E-state index in [0.29, 0.717) is 11.4 Å². The summed E-state index contributed by atoms with van der Waals surface area (Å²) in [6.45, 7) is 0.0110. The standard InChI is InChI=1S/C19H17F2NO4/c1-25-19(24)12-9-18(23)22(10-12)13-5-7-14(8-6-13)26-11-15-16(20)3-2-4-17(15)21/h2-8,12H,9-11H2,1H3/t12-/m0/s1. The third kappa shape index (κ3) is 3.66. The quantitative estimate of drug-likeness (QED) is 0.768. The van der Waals surface area contributed by atoms with Crippen molar-refractivity contribution in [3.05, 3.63) is 59.7 Å². The Morgan fingerprint density at radius 2 is 1.81 bits per heavy atom. The monoisotopic (exact) mass is 361 g/mol. The van der Waals surface area contributed by atoms with Crippen LogP contribution in [-0.4, -0.2) is 25.5 Å². The average Bonchev–Trinajstić information content (AvgIpc) is 3.03. The van der Waals surface area contributed by atoms with E-state index in [4.69, 9.17) is 4.74 Å². The first-order valence-corrected chi connectivity index (χ1v) is 8.03. The highest BCUT2D eigenvalue weighted by atomic mass is 19.1. The molecule has 1 fully saturated rings. The van der Waals surface area contributed by atoms with Gasteiger partial charge in [-0.25, -0.2) is 8.78 Å². The van der Waals surface area contributed by atoms with Gasteiger partial charge in [0.05, 0.1) is 18.6 Å². The van der Waals surface area contributed by atoms with Crippen molar-refractivity contribution in [3.8, 4) is 5.75 Å². The highest BCUT2D eigenvalue weighted by molar-refractivity contribution is 5.99. The predicted molar refractivity (Wildman–Crippen MR) is 89.6 cm³/mol. The number of benzene rings is 2. The van der Waals surface area contributed by atoms with Gasteiger partial charge in [0.2, 0.25) is 5.91 Å². The fourth-order valence-corrected chi connectivity index (χ4v) is 2.83. The molecule has 2 aromatic rings. The van der Waals surface area contributed by atoms with Crippen LogP contribution in [0.4, 0.5) is 14.5 Å². The number of nitrogens with zero attached hydrogens (tertiary/aromatic N) is 1. The first-order valence-electron chi connectivity index (χ1n) is 8.03. The normalized spacial score (nSPS) is 16.7. The fourth-order valence-electron chi connectivity index (χ4n) is 2.83. The summed E-state index contributed by atoms with van der Waals surface area (Å²) in [4.78, 5) is 25.2. The molecule has 26 heavy (non-hydrogen) atoms. The average molecular weight is 361 g/mol. The summed E-state index contributed by atoms with van der Waals surface area (Å²) in [7, 11) is 1.29. The number of amides is 1. The minimum absolute atomic E-state index is 0.109. The summed E-state index contributed by atoms with van der Waals surface area (Å²) < 4.78 is 37.3. The van der Waals surface area contributed by atoms with Gasteiger partial charge < -0.3 is 14.4 Å². The van der Waals surface area contributed by atoms with Gasteiger partial charge in [-0.3, -0.25) is 9.59 Å². The topological polar surface area (TPSA) is 55.8 Å². The molecular formula is C19H17F2NO4. The molecule has 1 atom stereocenters. The van der Waals surface area contributed by atoms with Crippen molar-refractivity contribution in [1.29, 1.82) is 0 Å². The fraction of sp³-hybridized carbons (Fsp3) is 0.263. The Bertz CT molecular complexity index is 803. The predicted octanol–water partition coefficient (Wildman–Crippen LogP) is 3.07. The zero-order chi connectivity index (χ0) is 18.7. The highest BCUT2D eigenvalue weighted by Crippen LogP contribution is 2.27. The minimum atomic E-state index is -0.668. The molecule has 1 saturated heterocycles. The number of methoxy groups -OCH3 is 1. The lowest BCUT2D eigenvalue weighted by Gasteiger charge is -2.17. The number of esters is 1. The molecule has 0 aromatic heterocycles. The summed E-state index contributed by atoms with van der Waals surface area (Å²) in [6.07, 6.45) is 0.109. The molecule has 7 heteroatoms. The van der Waals surface area contributed by atoms with Gasteiger partial charge in [0.15, 0.2) is 0 Å². The second kappa shape index (κ2) is 7.51. The van der Waals surface area contributed by atoms with Crippen LogP contribution in [0, 0.1) is 17.6 Å². The van der Waals surface area contributed by atoms with Gasteiger partial charge in [-0.05, 0) is 36.4 Å². The molecule has 0 unspecified atom stereocenters. The van der Waals surface area contributed by atoms with E-state index in [9.17, 15) is 18.4 Å². The SMILES string of the molecule is COC(=O)[C@H]1CC(=O)N(c2ccc(OCc3c(F)cccc3F)cc2)C1. The number of hydrogen-bond donors (Lipinski definition) is 0. The maximum atomic E-state index is 13.6. The molecule has 136 valence electrons. The zero-order valence-electron chi connectivity index (χ0n) is 14.1. The Kier molecular flexibility index (Phi) is 5.16. The van der Waals surface area contributed by atoms with Crippen LogP contribution in [0.3, 0.4) is 0 Å². The summed E-state index contributed by atoms with van der Waals surface area (Å²) in [5.74, 6) is -1.98. The summed E-state index contributed by atoms with van der Waals surface area (Å²) in [6, 6.07) is 10.1. The molecule has 1 heterocycles. The zero-order valence-corrected chi connectivity index (χ0v) is 14.1. The summed E-state index contributed by atoms with van der Waals surface area (Å²) >= 11 is 0. The molecule has 1 aliphatic heterocycles. The van der Waals surface area contributed by atoms with Gasteiger partial charge in [-0.15, -0.1) is 0 Å². The van der Waals surface area contributed by atoms with E-state index in [1.165, 1.54) is 30.2 Å². The van der Waals surface area contributed by atoms with Crippen LogP contribution < -0.4 is 9.64 Å². The molecular weight excluding hydrogens is 344 g/mol. The highest BCUT2D eigenvalue weighted by Gasteiger charge is 2.35. The van der Waals surface area contributed by atoms with Crippen LogP contribution in [-0.2, 0) is 20.9 Å². The maximum absolute atomic E-state index is 13.6. The van der Waals surface area contributed by atoms with Crippen molar-refractivity contribution >= 4 is 17.6 Å². The second-order valence-electron chi connectivity index (χ2n) is 5.91. The van der Waals surface area contributed by atoms with Crippen LogP contribution in [0.1, 0.15) is 12.0 Å². The lowest BCUT2D eigenvalue weighted by molar-refractivity contribution is -0.145. The Morgan fingerprint density at radius 3 is 2.42 bits per heavy atom. The van der Waals surface area contributed by atoms with E-state index >= 15 is 0 Å². The van der Waals surface area contributed by atoms with Gasteiger partial charge >= 0.3 is 5.97 Å². The third-order valence-corrected chi connectivity index (χ3v) is 4.25. The number of ether oxygens (including phenoxy) is 2. The molecule has 1 aliphatic rings. The van der Waals surface area contributed by atoms with Gasteiger partial charge in [-0.1, -0.05) is 6.07 Å². The van der Waals surface area contributed by atoms with Crippen molar-refractivity contribution in [2.75, 3.05) is 18.6 Å². The smallest absolute Gasteiger partial charge is 0.311 e. The largest absolute Gasteiger partial charge is 0.489 e. The van der Waals surface area contributed by atoms with Gasteiger partial charge in [0, 0.05) is 18.7 Å². The van der Waals surface area contributed by atoms with Crippen LogP contribution in [0.2, 0.25) is 0 Å². The van der Waals surface area contributed by atoms with Gasteiger partial charge in [0.25, 0.3) is 0 Å². The number of carbonyl (C=O) groups excluding carboxylic acids is 2. The molecule has 0 bridgehead atoms. The Balaban J connectivity index is 1.66. The van der Waals surface area contributed by atoms with E-state index in [1.807, 2.05) is 0 Å². The van der Waals surface area contributed by atoms with Crippen molar-refractivity contribution in [3.63, 3.8) is 0 Å². The van der Waals surface area contributed by atoms with E-state index in [0.717, 1.165) is 0 Å². The number of anilines is 1. The lowest BCUT2D eigenvalue weighted by atomic mass is 10.1. The Labute approximate surface area is 149 Å². The van der Waals surface area contributed by atoms with Crippen LogP contribution in [0.25, 0.3) is 0 Å². The number of carbonyl (C=O) groups is 2. The molecule has 0 saturated carbocycles. The third-order valence-electron chi connectivity index (χ3n) is 4.25. The maximum Gasteiger partial charge on any atom is 0.311 e.